The number of hydrogen-bond acceptors (Lipinski definition) is 4. The molecule has 0 bridgehead atoms. The van der Waals surface area contributed by atoms with Gasteiger partial charge < -0.3 is 15.1 Å². The Morgan fingerprint density at radius 2 is 2.29 bits per heavy atom. The molecule has 0 unspecified atom stereocenters. The highest BCUT2D eigenvalue weighted by Crippen LogP contribution is 2.05. The molecule has 0 fully saturated rings. The third-order valence-corrected chi connectivity index (χ3v) is 2.31. The van der Waals surface area contributed by atoms with Crippen molar-refractivity contribution in [2.24, 2.45) is 0 Å². The standard InChI is InChI=1S/C12H13N3O2/c1-13-11-3-2-10(7-14-11)12(16)15-6-9-4-5-17-8-9/h2-5,7-8H,6H2,1H3,(H,13,14)(H,15,16). The normalized spacial score (nSPS) is 9.94. The third kappa shape index (κ3) is 2.84. The summed E-state index contributed by atoms with van der Waals surface area (Å²) in [5.74, 6) is 0.581. The molecule has 17 heavy (non-hydrogen) atoms. The van der Waals surface area contributed by atoms with Gasteiger partial charge in [-0.25, -0.2) is 4.98 Å². The summed E-state index contributed by atoms with van der Waals surface area (Å²) in [6.07, 6.45) is 4.71. The van der Waals surface area contributed by atoms with E-state index in [-0.39, 0.29) is 5.91 Å². The second-order valence-electron chi connectivity index (χ2n) is 3.50. The van der Waals surface area contributed by atoms with Crippen LogP contribution in [0.1, 0.15) is 15.9 Å². The summed E-state index contributed by atoms with van der Waals surface area (Å²) < 4.78 is 4.91. The number of pyridine rings is 1. The molecule has 2 aromatic rings. The Balaban J connectivity index is 1.95. The predicted octanol–water partition coefficient (Wildman–Crippen LogP) is 1.65. The summed E-state index contributed by atoms with van der Waals surface area (Å²) in [7, 11) is 1.78. The van der Waals surface area contributed by atoms with Crippen LogP contribution in [0.2, 0.25) is 0 Å². The number of carbonyl (C=O) groups is 1. The van der Waals surface area contributed by atoms with Crippen LogP contribution in [0.15, 0.2) is 41.3 Å². The van der Waals surface area contributed by atoms with Crippen molar-refractivity contribution in [1.82, 2.24) is 10.3 Å². The molecule has 0 aliphatic carbocycles. The number of anilines is 1. The zero-order valence-electron chi connectivity index (χ0n) is 9.43. The maximum absolute atomic E-state index is 11.7. The lowest BCUT2D eigenvalue weighted by Crippen LogP contribution is -2.22. The Bertz CT molecular complexity index is 477. The topological polar surface area (TPSA) is 67.2 Å². The molecule has 1 amide bonds. The number of nitrogens with zero attached hydrogens (tertiary/aromatic N) is 1. The zero-order chi connectivity index (χ0) is 12.1. The Morgan fingerprint density at radius 1 is 1.41 bits per heavy atom. The highest BCUT2D eigenvalue weighted by molar-refractivity contribution is 5.93. The lowest BCUT2D eigenvalue weighted by atomic mass is 10.2. The Kier molecular flexibility index (Phi) is 3.40. The van der Waals surface area contributed by atoms with Crippen LogP contribution in [0.4, 0.5) is 5.82 Å². The van der Waals surface area contributed by atoms with Crippen molar-refractivity contribution in [2.45, 2.75) is 6.54 Å². The number of amides is 1. The van der Waals surface area contributed by atoms with Crippen molar-refractivity contribution in [1.29, 1.82) is 0 Å². The molecule has 2 heterocycles. The monoisotopic (exact) mass is 231 g/mol. The van der Waals surface area contributed by atoms with Crippen LogP contribution in [0.5, 0.6) is 0 Å². The summed E-state index contributed by atoms with van der Waals surface area (Å²) >= 11 is 0. The van der Waals surface area contributed by atoms with Gasteiger partial charge in [-0.15, -0.1) is 0 Å². The molecular formula is C12H13N3O2. The second-order valence-corrected chi connectivity index (χ2v) is 3.50. The van der Waals surface area contributed by atoms with E-state index in [9.17, 15) is 4.79 Å². The van der Waals surface area contributed by atoms with Crippen LogP contribution in [0.3, 0.4) is 0 Å². The van der Waals surface area contributed by atoms with Crippen LogP contribution in [0.25, 0.3) is 0 Å². The molecule has 2 aromatic heterocycles. The molecule has 0 spiro atoms. The molecule has 5 heteroatoms. The number of nitrogens with one attached hydrogen (secondary N) is 2. The minimum atomic E-state index is -0.152. The smallest absolute Gasteiger partial charge is 0.253 e. The maximum Gasteiger partial charge on any atom is 0.253 e. The van der Waals surface area contributed by atoms with Crippen molar-refractivity contribution < 1.29 is 9.21 Å². The van der Waals surface area contributed by atoms with Gasteiger partial charge in [0, 0.05) is 25.4 Å². The van der Waals surface area contributed by atoms with E-state index in [4.69, 9.17) is 4.42 Å². The van der Waals surface area contributed by atoms with Crippen LogP contribution in [-0.4, -0.2) is 17.9 Å². The van der Waals surface area contributed by atoms with Gasteiger partial charge in [-0.2, -0.15) is 0 Å². The van der Waals surface area contributed by atoms with Gasteiger partial charge in [-0.3, -0.25) is 4.79 Å². The van der Waals surface area contributed by atoms with E-state index in [0.717, 1.165) is 11.4 Å². The predicted molar refractivity (Wildman–Crippen MR) is 63.7 cm³/mol. The fourth-order valence-electron chi connectivity index (χ4n) is 1.35. The number of rotatable bonds is 4. The highest BCUT2D eigenvalue weighted by Gasteiger charge is 2.05. The van der Waals surface area contributed by atoms with Crippen molar-refractivity contribution in [3.05, 3.63) is 48.0 Å². The average molecular weight is 231 g/mol. The van der Waals surface area contributed by atoms with Crippen molar-refractivity contribution in [3.63, 3.8) is 0 Å². The van der Waals surface area contributed by atoms with Gasteiger partial charge >= 0.3 is 0 Å². The lowest BCUT2D eigenvalue weighted by Gasteiger charge is -2.04. The van der Waals surface area contributed by atoms with E-state index in [1.165, 1.54) is 6.20 Å². The minimum Gasteiger partial charge on any atom is -0.472 e. The molecule has 0 aromatic carbocycles. The summed E-state index contributed by atoms with van der Waals surface area (Å²) in [5, 5.41) is 5.67. The summed E-state index contributed by atoms with van der Waals surface area (Å²) in [6, 6.07) is 5.29. The van der Waals surface area contributed by atoms with Crippen LogP contribution < -0.4 is 10.6 Å². The molecular weight excluding hydrogens is 218 g/mol. The molecule has 2 N–H and O–H groups in total. The number of carbonyl (C=O) groups excluding carboxylic acids is 1. The Hall–Kier alpha value is -2.30. The Labute approximate surface area is 98.9 Å². The third-order valence-electron chi connectivity index (χ3n) is 2.31. The molecule has 0 atom stereocenters. The fourth-order valence-corrected chi connectivity index (χ4v) is 1.35. The first-order chi connectivity index (χ1) is 8.29. The van der Waals surface area contributed by atoms with Gasteiger partial charge in [0.2, 0.25) is 0 Å². The molecule has 2 rings (SSSR count). The van der Waals surface area contributed by atoms with Gasteiger partial charge in [-0.1, -0.05) is 0 Å². The SMILES string of the molecule is CNc1ccc(C(=O)NCc2ccoc2)cn1. The van der Waals surface area contributed by atoms with Gasteiger partial charge in [0.25, 0.3) is 5.91 Å². The van der Waals surface area contributed by atoms with Crippen LogP contribution in [0, 0.1) is 0 Å². The quantitative estimate of drug-likeness (QED) is 0.839. The summed E-state index contributed by atoms with van der Waals surface area (Å²) in [4.78, 5) is 15.8. The summed E-state index contributed by atoms with van der Waals surface area (Å²) in [6.45, 7) is 0.448. The Morgan fingerprint density at radius 3 is 2.88 bits per heavy atom. The number of hydrogen-bond donors (Lipinski definition) is 2. The van der Waals surface area contributed by atoms with Gasteiger partial charge in [0.1, 0.15) is 5.82 Å². The summed E-state index contributed by atoms with van der Waals surface area (Å²) in [5.41, 5.74) is 1.46. The van der Waals surface area contributed by atoms with E-state index < -0.39 is 0 Å². The largest absolute Gasteiger partial charge is 0.472 e. The maximum atomic E-state index is 11.7. The highest BCUT2D eigenvalue weighted by atomic mass is 16.3. The van der Waals surface area contributed by atoms with Crippen LogP contribution in [-0.2, 0) is 6.54 Å². The first-order valence-corrected chi connectivity index (χ1v) is 5.22. The molecule has 0 saturated carbocycles. The molecule has 0 radical (unpaired) electrons. The van der Waals surface area contributed by atoms with Gasteiger partial charge in [0.15, 0.2) is 0 Å². The van der Waals surface area contributed by atoms with Gasteiger partial charge in [-0.05, 0) is 18.2 Å². The van der Waals surface area contributed by atoms with Crippen molar-refractivity contribution in [3.8, 4) is 0 Å². The first-order valence-electron chi connectivity index (χ1n) is 5.22. The first kappa shape index (κ1) is 11.2. The van der Waals surface area contributed by atoms with E-state index >= 15 is 0 Å². The van der Waals surface area contributed by atoms with Crippen LogP contribution >= 0.6 is 0 Å². The van der Waals surface area contributed by atoms with Crippen molar-refractivity contribution in [2.75, 3.05) is 12.4 Å². The van der Waals surface area contributed by atoms with E-state index in [1.54, 1.807) is 31.7 Å². The van der Waals surface area contributed by atoms with E-state index in [2.05, 4.69) is 15.6 Å². The minimum absolute atomic E-state index is 0.152. The van der Waals surface area contributed by atoms with E-state index in [1.807, 2.05) is 6.07 Å². The lowest BCUT2D eigenvalue weighted by molar-refractivity contribution is 0.0950. The number of furan rings is 1. The van der Waals surface area contributed by atoms with Crippen molar-refractivity contribution >= 4 is 11.7 Å². The molecule has 0 aliphatic rings. The zero-order valence-corrected chi connectivity index (χ0v) is 9.43. The molecule has 0 aliphatic heterocycles. The van der Waals surface area contributed by atoms with Gasteiger partial charge in [0.05, 0.1) is 18.1 Å². The number of aromatic nitrogens is 1. The molecule has 0 saturated heterocycles. The van der Waals surface area contributed by atoms with E-state index in [0.29, 0.717) is 12.1 Å². The fraction of sp³-hybridized carbons (Fsp3) is 0.167. The molecule has 88 valence electrons. The second kappa shape index (κ2) is 5.16. The molecule has 5 nitrogen and oxygen atoms in total. The average Bonchev–Trinajstić information content (AvgIpc) is 2.89.